The summed E-state index contributed by atoms with van der Waals surface area (Å²) in [5.74, 6) is -0.951. The van der Waals surface area contributed by atoms with Crippen molar-refractivity contribution in [1.82, 2.24) is 5.32 Å². The van der Waals surface area contributed by atoms with Crippen LogP contribution in [0.15, 0.2) is 24.3 Å². The average Bonchev–Trinajstić information content (AvgIpc) is 2.20. The van der Waals surface area contributed by atoms with Crippen molar-refractivity contribution in [2.75, 3.05) is 6.54 Å². The summed E-state index contributed by atoms with van der Waals surface area (Å²) in [6.45, 7) is 2.71. The van der Waals surface area contributed by atoms with E-state index in [2.05, 4.69) is 5.32 Å². The molecule has 3 N–H and O–H groups in total. The zero-order valence-electron chi connectivity index (χ0n) is 8.60. The van der Waals surface area contributed by atoms with Crippen LogP contribution in [-0.2, 0) is 11.3 Å². The van der Waals surface area contributed by atoms with Gasteiger partial charge in [-0.25, -0.2) is 0 Å². The van der Waals surface area contributed by atoms with Gasteiger partial charge in [-0.1, -0.05) is 19.1 Å². The van der Waals surface area contributed by atoms with E-state index in [1.165, 1.54) is 0 Å². The van der Waals surface area contributed by atoms with E-state index in [9.17, 15) is 4.79 Å². The van der Waals surface area contributed by atoms with E-state index < -0.39 is 5.97 Å². The summed E-state index contributed by atoms with van der Waals surface area (Å²) in [5, 5.41) is 20.7. The number of aromatic hydroxyl groups is 1. The molecule has 0 radical (unpaired) electrons. The van der Waals surface area contributed by atoms with Crippen molar-refractivity contribution in [3.63, 3.8) is 0 Å². The molecule has 1 aromatic rings. The van der Waals surface area contributed by atoms with E-state index >= 15 is 0 Å². The minimum Gasteiger partial charge on any atom is -0.508 e. The average molecular weight is 209 g/mol. The van der Waals surface area contributed by atoms with Crippen molar-refractivity contribution in [3.05, 3.63) is 29.8 Å². The van der Waals surface area contributed by atoms with Crippen LogP contribution in [0, 0.1) is 5.92 Å². The number of carbonyl (C=O) groups is 1. The lowest BCUT2D eigenvalue weighted by Gasteiger charge is -2.08. The molecule has 1 unspecified atom stereocenters. The van der Waals surface area contributed by atoms with Crippen LogP contribution in [-0.4, -0.2) is 22.7 Å². The van der Waals surface area contributed by atoms with Crippen molar-refractivity contribution in [3.8, 4) is 5.75 Å². The third-order valence-electron chi connectivity index (χ3n) is 2.14. The number of phenolic OH excluding ortho intramolecular Hbond substituents is 1. The SMILES string of the molecule is CC(CNCc1ccc(O)cc1)C(=O)O. The Kier molecular flexibility index (Phi) is 4.12. The molecule has 0 fully saturated rings. The minimum absolute atomic E-state index is 0.234. The highest BCUT2D eigenvalue weighted by molar-refractivity contribution is 5.69. The molecule has 0 heterocycles. The highest BCUT2D eigenvalue weighted by Gasteiger charge is 2.09. The molecular formula is C11H15NO3. The number of nitrogens with one attached hydrogen (secondary N) is 1. The second kappa shape index (κ2) is 5.36. The molecule has 4 heteroatoms. The van der Waals surface area contributed by atoms with Gasteiger partial charge in [-0.05, 0) is 17.7 Å². The Balaban J connectivity index is 2.32. The van der Waals surface area contributed by atoms with Crippen molar-refractivity contribution < 1.29 is 15.0 Å². The minimum atomic E-state index is -0.798. The Bertz CT molecular complexity index is 321. The maximum Gasteiger partial charge on any atom is 0.307 e. The molecule has 1 atom stereocenters. The lowest BCUT2D eigenvalue weighted by atomic mass is 10.1. The zero-order chi connectivity index (χ0) is 11.3. The lowest BCUT2D eigenvalue weighted by Crippen LogP contribution is -2.25. The summed E-state index contributed by atoms with van der Waals surface area (Å²) in [5.41, 5.74) is 1.02. The predicted molar refractivity (Wildman–Crippen MR) is 56.6 cm³/mol. The van der Waals surface area contributed by atoms with E-state index in [1.807, 2.05) is 0 Å². The summed E-state index contributed by atoms with van der Waals surface area (Å²) in [4.78, 5) is 10.5. The Hall–Kier alpha value is -1.55. The van der Waals surface area contributed by atoms with Gasteiger partial charge in [0.1, 0.15) is 5.75 Å². The molecule has 0 aliphatic carbocycles. The molecule has 0 saturated carbocycles. The van der Waals surface area contributed by atoms with Crippen molar-refractivity contribution in [2.24, 2.45) is 5.92 Å². The molecule has 15 heavy (non-hydrogen) atoms. The van der Waals surface area contributed by atoms with Gasteiger partial charge in [0.15, 0.2) is 0 Å². The molecular weight excluding hydrogens is 194 g/mol. The maximum absolute atomic E-state index is 10.5. The Morgan fingerprint density at radius 2 is 2.00 bits per heavy atom. The summed E-state index contributed by atoms with van der Waals surface area (Å²) in [7, 11) is 0. The van der Waals surface area contributed by atoms with Gasteiger partial charge in [0, 0.05) is 13.1 Å². The van der Waals surface area contributed by atoms with E-state index in [-0.39, 0.29) is 11.7 Å². The molecule has 4 nitrogen and oxygen atoms in total. The molecule has 1 rings (SSSR count). The molecule has 0 aliphatic heterocycles. The number of carboxylic acids is 1. The highest BCUT2D eigenvalue weighted by Crippen LogP contribution is 2.09. The second-order valence-electron chi connectivity index (χ2n) is 3.54. The van der Waals surface area contributed by atoms with Gasteiger partial charge in [-0.2, -0.15) is 0 Å². The number of hydrogen-bond acceptors (Lipinski definition) is 3. The van der Waals surface area contributed by atoms with Crippen LogP contribution in [0.25, 0.3) is 0 Å². The number of phenols is 1. The van der Waals surface area contributed by atoms with Gasteiger partial charge < -0.3 is 15.5 Å². The highest BCUT2D eigenvalue weighted by atomic mass is 16.4. The van der Waals surface area contributed by atoms with Gasteiger partial charge in [0.25, 0.3) is 0 Å². The first-order valence-corrected chi connectivity index (χ1v) is 4.81. The van der Waals surface area contributed by atoms with Gasteiger partial charge >= 0.3 is 5.97 Å². The molecule has 1 aromatic carbocycles. The molecule has 0 amide bonds. The van der Waals surface area contributed by atoms with Crippen LogP contribution in [0.3, 0.4) is 0 Å². The molecule has 0 spiro atoms. The summed E-state index contributed by atoms with van der Waals surface area (Å²) < 4.78 is 0. The lowest BCUT2D eigenvalue weighted by molar-refractivity contribution is -0.140. The Labute approximate surface area is 88.6 Å². The smallest absolute Gasteiger partial charge is 0.307 e. The first-order valence-electron chi connectivity index (χ1n) is 4.81. The van der Waals surface area contributed by atoms with Crippen LogP contribution >= 0.6 is 0 Å². The van der Waals surface area contributed by atoms with Crippen LogP contribution in [0.1, 0.15) is 12.5 Å². The van der Waals surface area contributed by atoms with Gasteiger partial charge in [0.05, 0.1) is 5.92 Å². The zero-order valence-corrected chi connectivity index (χ0v) is 8.60. The maximum atomic E-state index is 10.5. The molecule has 82 valence electrons. The topological polar surface area (TPSA) is 69.6 Å². The first-order chi connectivity index (χ1) is 7.09. The van der Waals surface area contributed by atoms with Crippen molar-refractivity contribution in [1.29, 1.82) is 0 Å². The number of aliphatic carboxylic acids is 1. The van der Waals surface area contributed by atoms with E-state index in [0.717, 1.165) is 5.56 Å². The fourth-order valence-electron chi connectivity index (χ4n) is 1.13. The van der Waals surface area contributed by atoms with E-state index in [4.69, 9.17) is 10.2 Å². The number of hydrogen-bond donors (Lipinski definition) is 3. The molecule has 0 saturated heterocycles. The monoisotopic (exact) mass is 209 g/mol. The number of rotatable bonds is 5. The fourth-order valence-corrected chi connectivity index (χ4v) is 1.13. The fraction of sp³-hybridized carbons (Fsp3) is 0.364. The Morgan fingerprint density at radius 3 is 2.53 bits per heavy atom. The Morgan fingerprint density at radius 1 is 1.40 bits per heavy atom. The predicted octanol–water partition coefficient (Wildman–Crippen LogP) is 1.20. The molecule has 0 bridgehead atoms. The van der Waals surface area contributed by atoms with Gasteiger partial charge in [-0.15, -0.1) is 0 Å². The van der Waals surface area contributed by atoms with Crippen LogP contribution in [0.2, 0.25) is 0 Å². The van der Waals surface area contributed by atoms with Crippen LogP contribution < -0.4 is 5.32 Å². The van der Waals surface area contributed by atoms with Gasteiger partial charge in [0.2, 0.25) is 0 Å². The number of carboxylic acid groups (broad SMARTS) is 1. The third-order valence-corrected chi connectivity index (χ3v) is 2.14. The first kappa shape index (κ1) is 11.5. The quantitative estimate of drug-likeness (QED) is 0.681. The third kappa shape index (κ3) is 3.99. The second-order valence-corrected chi connectivity index (χ2v) is 3.54. The van der Waals surface area contributed by atoms with Crippen LogP contribution in [0.5, 0.6) is 5.75 Å². The summed E-state index contributed by atoms with van der Waals surface area (Å²) >= 11 is 0. The van der Waals surface area contributed by atoms with Crippen LogP contribution in [0.4, 0.5) is 0 Å². The normalized spacial score (nSPS) is 12.3. The largest absolute Gasteiger partial charge is 0.508 e. The summed E-state index contributed by atoms with van der Waals surface area (Å²) in [6, 6.07) is 6.82. The standard InChI is InChI=1S/C11H15NO3/c1-8(11(14)15)6-12-7-9-2-4-10(13)5-3-9/h2-5,8,12-13H,6-7H2,1H3,(H,14,15). The number of benzene rings is 1. The van der Waals surface area contributed by atoms with E-state index in [0.29, 0.717) is 13.1 Å². The summed E-state index contributed by atoms with van der Waals surface area (Å²) in [6.07, 6.45) is 0. The molecule has 0 aromatic heterocycles. The van der Waals surface area contributed by atoms with Gasteiger partial charge in [-0.3, -0.25) is 4.79 Å². The van der Waals surface area contributed by atoms with Crippen molar-refractivity contribution in [2.45, 2.75) is 13.5 Å². The molecule has 0 aliphatic rings. The van der Waals surface area contributed by atoms with Crippen molar-refractivity contribution >= 4 is 5.97 Å². The van der Waals surface area contributed by atoms with E-state index in [1.54, 1.807) is 31.2 Å².